The van der Waals surface area contributed by atoms with Crippen LogP contribution >= 0.6 is 0 Å². The Hall–Kier alpha value is -1.26. The average molecular weight is 293 g/mol. The van der Waals surface area contributed by atoms with Crippen LogP contribution < -0.4 is 14.8 Å². The zero-order valence-corrected chi connectivity index (χ0v) is 13.8. The largest absolute Gasteiger partial charge is 0.494 e. The lowest BCUT2D eigenvalue weighted by atomic mass is 10.0. The highest BCUT2D eigenvalue weighted by atomic mass is 16.5. The van der Waals surface area contributed by atoms with Crippen molar-refractivity contribution >= 4 is 0 Å². The van der Waals surface area contributed by atoms with Crippen LogP contribution in [-0.2, 0) is 17.7 Å². The second-order valence-electron chi connectivity index (χ2n) is 6.30. The van der Waals surface area contributed by atoms with E-state index in [2.05, 4.69) is 38.2 Å². The number of methoxy groups -OCH3 is 1. The topological polar surface area (TPSA) is 39.7 Å². The fourth-order valence-corrected chi connectivity index (χ4v) is 2.66. The van der Waals surface area contributed by atoms with Crippen LogP contribution in [0.4, 0.5) is 0 Å². The Labute approximate surface area is 127 Å². The maximum atomic E-state index is 5.85. The normalized spacial score (nSPS) is 17.5. The monoisotopic (exact) mass is 293 g/mol. The Morgan fingerprint density at radius 1 is 1.38 bits per heavy atom. The summed E-state index contributed by atoms with van der Waals surface area (Å²) in [7, 11) is 1.72. The molecule has 1 aliphatic heterocycles. The van der Waals surface area contributed by atoms with Crippen LogP contribution in [0.1, 0.15) is 38.8 Å². The highest BCUT2D eigenvalue weighted by Crippen LogP contribution is 2.35. The highest BCUT2D eigenvalue weighted by molar-refractivity contribution is 5.48. The van der Waals surface area contributed by atoms with Gasteiger partial charge in [-0.1, -0.05) is 0 Å². The van der Waals surface area contributed by atoms with Gasteiger partial charge in [0.2, 0.25) is 0 Å². The van der Waals surface area contributed by atoms with E-state index in [9.17, 15) is 0 Å². The standard InChI is InChI=1S/C17H27NO3/c1-6-20-15-8-13-7-12(2)21-16(13)9-14(15)10-18-17(3,4)11-19-5/h8-9,12,18H,6-7,10-11H2,1-5H3. The molecular formula is C17H27NO3. The van der Waals surface area contributed by atoms with Crippen molar-refractivity contribution in [2.45, 2.75) is 52.3 Å². The predicted octanol–water partition coefficient (Wildman–Crippen LogP) is 2.92. The van der Waals surface area contributed by atoms with Crippen LogP contribution in [0.25, 0.3) is 0 Å². The molecule has 1 unspecified atom stereocenters. The fourth-order valence-electron chi connectivity index (χ4n) is 2.66. The van der Waals surface area contributed by atoms with E-state index in [1.54, 1.807) is 7.11 Å². The molecule has 1 N–H and O–H groups in total. The van der Waals surface area contributed by atoms with Gasteiger partial charge in [0.15, 0.2) is 0 Å². The Balaban J connectivity index is 2.16. The van der Waals surface area contributed by atoms with Gasteiger partial charge in [0, 0.05) is 36.7 Å². The minimum atomic E-state index is -0.0780. The summed E-state index contributed by atoms with van der Waals surface area (Å²) in [5, 5.41) is 3.52. The predicted molar refractivity (Wildman–Crippen MR) is 84.2 cm³/mol. The zero-order valence-electron chi connectivity index (χ0n) is 13.8. The van der Waals surface area contributed by atoms with E-state index in [4.69, 9.17) is 14.2 Å². The van der Waals surface area contributed by atoms with E-state index in [1.807, 2.05) is 6.92 Å². The molecule has 0 fully saturated rings. The number of rotatable bonds is 7. The minimum absolute atomic E-state index is 0.0780. The number of benzene rings is 1. The number of hydrogen-bond donors (Lipinski definition) is 1. The van der Waals surface area contributed by atoms with Gasteiger partial charge in [0.05, 0.1) is 13.2 Å². The first-order valence-corrected chi connectivity index (χ1v) is 7.64. The molecule has 21 heavy (non-hydrogen) atoms. The lowest BCUT2D eigenvalue weighted by Crippen LogP contribution is -2.42. The van der Waals surface area contributed by atoms with Crippen LogP contribution in [0.3, 0.4) is 0 Å². The van der Waals surface area contributed by atoms with Gasteiger partial charge in [-0.15, -0.1) is 0 Å². The smallest absolute Gasteiger partial charge is 0.124 e. The summed E-state index contributed by atoms with van der Waals surface area (Å²) in [6.07, 6.45) is 1.21. The van der Waals surface area contributed by atoms with Crippen LogP contribution in [0.15, 0.2) is 12.1 Å². The van der Waals surface area contributed by atoms with Gasteiger partial charge in [-0.2, -0.15) is 0 Å². The van der Waals surface area contributed by atoms with E-state index in [0.29, 0.717) is 13.2 Å². The number of nitrogens with one attached hydrogen (secondary N) is 1. The van der Waals surface area contributed by atoms with Crippen molar-refractivity contribution in [1.82, 2.24) is 5.32 Å². The van der Waals surface area contributed by atoms with Crippen molar-refractivity contribution in [2.24, 2.45) is 0 Å². The van der Waals surface area contributed by atoms with Crippen LogP contribution in [0.2, 0.25) is 0 Å². The third-order valence-electron chi connectivity index (χ3n) is 3.64. The summed E-state index contributed by atoms with van der Waals surface area (Å²) in [5.74, 6) is 1.95. The van der Waals surface area contributed by atoms with Crippen LogP contribution in [-0.4, -0.2) is 32.0 Å². The first kappa shape index (κ1) is 16.1. The van der Waals surface area contributed by atoms with Gasteiger partial charge in [-0.05, 0) is 39.8 Å². The lowest BCUT2D eigenvalue weighted by molar-refractivity contribution is 0.127. The molecule has 1 atom stereocenters. The molecule has 118 valence electrons. The van der Waals surface area contributed by atoms with Gasteiger partial charge in [0.25, 0.3) is 0 Å². The molecular weight excluding hydrogens is 266 g/mol. The number of fused-ring (bicyclic) bond motifs is 1. The first-order valence-electron chi connectivity index (χ1n) is 7.64. The molecule has 1 heterocycles. The number of hydrogen-bond acceptors (Lipinski definition) is 4. The second-order valence-corrected chi connectivity index (χ2v) is 6.30. The van der Waals surface area contributed by atoms with Gasteiger partial charge in [0.1, 0.15) is 17.6 Å². The Morgan fingerprint density at radius 3 is 2.81 bits per heavy atom. The molecule has 0 spiro atoms. The van der Waals surface area contributed by atoms with Gasteiger partial charge in [-0.3, -0.25) is 0 Å². The molecule has 0 saturated carbocycles. The molecule has 2 rings (SSSR count). The third kappa shape index (κ3) is 4.11. The summed E-state index contributed by atoms with van der Waals surface area (Å²) in [6, 6.07) is 4.24. The Bertz CT molecular complexity index is 485. The minimum Gasteiger partial charge on any atom is -0.494 e. The number of ether oxygens (including phenoxy) is 3. The Kier molecular flexibility index (Phi) is 5.12. The SMILES string of the molecule is CCOc1cc2c(cc1CNC(C)(C)COC)OC(C)C2. The van der Waals surface area contributed by atoms with Crippen molar-refractivity contribution < 1.29 is 14.2 Å². The molecule has 1 aromatic rings. The molecule has 0 saturated heterocycles. The summed E-state index contributed by atoms with van der Waals surface area (Å²) in [4.78, 5) is 0. The van der Waals surface area contributed by atoms with E-state index >= 15 is 0 Å². The van der Waals surface area contributed by atoms with Gasteiger partial charge in [-0.25, -0.2) is 0 Å². The molecule has 4 nitrogen and oxygen atoms in total. The molecule has 0 aliphatic carbocycles. The highest BCUT2D eigenvalue weighted by Gasteiger charge is 2.23. The van der Waals surface area contributed by atoms with Crippen molar-refractivity contribution in [3.8, 4) is 11.5 Å². The molecule has 0 radical (unpaired) electrons. The quantitative estimate of drug-likeness (QED) is 0.839. The summed E-state index contributed by atoms with van der Waals surface area (Å²) in [6.45, 7) is 10.4. The first-order chi connectivity index (χ1) is 9.95. The van der Waals surface area contributed by atoms with E-state index in [1.165, 1.54) is 5.56 Å². The van der Waals surface area contributed by atoms with Crippen LogP contribution in [0, 0.1) is 0 Å². The van der Waals surface area contributed by atoms with Crippen molar-refractivity contribution in [2.75, 3.05) is 20.3 Å². The molecule has 0 aromatic heterocycles. The summed E-state index contributed by atoms with van der Waals surface area (Å²) < 4.78 is 16.9. The fraction of sp³-hybridized carbons (Fsp3) is 0.647. The molecule has 0 bridgehead atoms. The van der Waals surface area contributed by atoms with E-state index < -0.39 is 0 Å². The Morgan fingerprint density at radius 2 is 2.14 bits per heavy atom. The summed E-state index contributed by atoms with van der Waals surface area (Å²) in [5.41, 5.74) is 2.30. The van der Waals surface area contributed by atoms with E-state index in [0.717, 1.165) is 30.0 Å². The van der Waals surface area contributed by atoms with Gasteiger partial charge >= 0.3 is 0 Å². The molecule has 1 aromatic carbocycles. The second kappa shape index (κ2) is 6.67. The molecule has 0 amide bonds. The zero-order chi connectivity index (χ0) is 15.5. The average Bonchev–Trinajstić information content (AvgIpc) is 2.75. The van der Waals surface area contributed by atoms with Crippen molar-refractivity contribution in [3.63, 3.8) is 0 Å². The third-order valence-corrected chi connectivity index (χ3v) is 3.64. The molecule has 4 heteroatoms. The van der Waals surface area contributed by atoms with Crippen molar-refractivity contribution in [1.29, 1.82) is 0 Å². The molecule has 1 aliphatic rings. The van der Waals surface area contributed by atoms with E-state index in [-0.39, 0.29) is 11.6 Å². The maximum absolute atomic E-state index is 5.85. The lowest BCUT2D eigenvalue weighted by Gasteiger charge is -2.26. The summed E-state index contributed by atoms with van der Waals surface area (Å²) >= 11 is 0. The van der Waals surface area contributed by atoms with Crippen LogP contribution in [0.5, 0.6) is 11.5 Å². The maximum Gasteiger partial charge on any atom is 0.124 e. The van der Waals surface area contributed by atoms with Gasteiger partial charge < -0.3 is 19.5 Å². The van der Waals surface area contributed by atoms with Crippen molar-refractivity contribution in [3.05, 3.63) is 23.3 Å².